The van der Waals surface area contributed by atoms with Crippen molar-refractivity contribution in [3.63, 3.8) is 0 Å². The topological polar surface area (TPSA) is 68.0 Å². The summed E-state index contributed by atoms with van der Waals surface area (Å²) in [6.45, 7) is 0.257. The van der Waals surface area contributed by atoms with Crippen molar-refractivity contribution < 1.29 is 4.79 Å². The van der Waals surface area contributed by atoms with Gasteiger partial charge in [-0.3, -0.25) is 9.78 Å². The van der Waals surface area contributed by atoms with Crippen molar-refractivity contribution in [1.29, 1.82) is 0 Å². The standard InChI is InChI=1S/C18H16N3O/c19-11-17(13-4-2-1-3-5-13)18(22)21-16-7-6-15-12-20-9-8-14(15)10-16/h2-10,12,17H,11,19H2,(H,21,22)/t17-/m1/s1. The third-order valence-electron chi connectivity index (χ3n) is 3.61. The molecule has 109 valence electrons. The first-order valence-electron chi connectivity index (χ1n) is 7.08. The molecule has 3 rings (SSSR count). The maximum Gasteiger partial charge on any atom is 0.233 e. The second-order valence-corrected chi connectivity index (χ2v) is 5.05. The van der Waals surface area contributed by atoms with E-state index in [1.54, 1.807) is 24.5 Å². The van der Waals surface area contributed by atoms with Gasteiger partial charge in [0.2, 0.25) is 5.91 Å². The number of hydrogen-bond acceptors (Lipinski definition) is 3. The van der Waals surface area contributed by atoms with Crippen LogP contribution in [0, 0.1) is 6.07 Å². The van der Waals surface area contributed by atoms with Crippen molar-refractivity contribution in [3.05, 3.63) is 72.6 Å². The Morgan fingerprint density at radius 1 is 1.18 bits per heavy atom. The lowest BCUT2D eigenvalue weighted by molar-refractivity contribution is -0.117. The predicted octanol–water partition coefficient (Wildman–Crippen LogP) is 2.72. The van der Waals surface area contributed by atoms with Crippen LogP contribution in [0.5, 0.6) is 0 Å². The molecule has 4 nitrogen and oxygen atoms in total. The molecular weight excluding hydrogens is 274 g/mol. The Hall–Kier alpha value is -2.72. The minimum absolute atomic E-state index is 0.109. The molecule has 0 aliphatic carbocycles. The number of benzene rings is 2. The zero-order valence-corrected chi connectivity index (χ0v) is 12.0. The van der Waals surface area contributed by atoms with E-state index in [0.29, 0.717) is 0 Å². The van der Waals surface area contributed by atoms with Gasteiger partial charge in [-0.25, -0.2) is 0 Å². The molecule has 0 bridgehead atoms. The quantitative estimate of drug-likeness (QED) is 0.776. The van der Waals surface area contributed by atoms with Crippen molar-refractivity contribution in [2.75, 3.05) is 11.9 Å². The van der Waals surface area contributed by atoms with E-state index in [0.717, 1.165) is 22.0 Å². The SMILES string of the molecule is NC[C@@H](C(=O)Nc1ccc2cnccc2c1)c1cc[c]cc1. The number of amides is 1. The van der Waals surface area contributed by atoms with E-state index >= 15 is 0 Å². The highest BCUT2D eigenvalue weighted by atomic mass is 16.1. The van der Waals surface area contributed by atoms with E-state index < -0.39 is 0 Å². The number of carbonyl (C=O) groups excluding carboxylic acids is 1. The fraction of sp³-hybridized carbons (Fsp3) is 0.111. The molecule has 0 aliphatic heterocycles. The first-order chi connectivity index (χ1) is 10.8. The zero-order chi connectivity index (χ0) is 15.4. The van der Waals surface area contributed by atoms with Crippen LogP contribution in [-0.2, 0) is 4.79 Å². The summed E-state index contributed by atoms with van der Waals surface area (Å²) in [6, 6.07) is 17.9. The van der Waals surface area contributed by atoms with Gasteiger partial charge in [0.1, 0.15) is 0 Å². The number of aromatic nitrogens is 1. The van der Waals surface area contributed by atoms with Gasteiger partial charge in [-0.05, 0) is 35.2 Å². The maximum absolute atomic E-state index is 12.5. The smallest absolute Gasteiger partial charge is 0.233 e. The predicted molar refractivity (Wildman–Crippen MR) is 87.4 cm³/mol. The number of fused-ring (bicyclic) bond motifs is 1. The molecule has 3 N–H and O–H groups in total. The summed E-state index contributed by atoms with van der Waals surface area (Å²) in [4.78, 5) is 16.5. The minimum atomic E-state index is -0.372. The van der Waals surface area contributed by atoms with Gasteiger partial charge in [0, 0.05) is 30.0 Å². The van der Waals surface area contributed by atoms with Crippen molar-refractivity contribution in [3.8, 4) is 0 Å². The lowest BCUT2D eigenvalue weighted by Gasteiger charge is -2.15. The number of carbonyl (C=O) groups is 1. The first-order valence-corrected chi connectivity index (χ1v) is 7.08. The summed E-state index contributed by atoms with van der Waals surface area (Å²) in [5, 5.41) is 5.00. The summed E-state index contributed by atoms with van der Waals surface area (Å²) in [5.74, 6) is -0.482. The third kappa shape index (κ3) is 2.97. The van der Waals surface area contributed by atoms with Crippen LogP contribution in [-0.4, -0.2) is 17.4 Å². The van der Waals surface area contributed by atoms with Crippen LogP contribution in [0.1, 0.15) is 11.5 Å². The van der Waals surface area contributed by atoms with Crippen LogP contribution in [0.25, 0.3) is 10.8 Å². The number of pyridine rings is 1. The second kappa shape index (κ2) is 6.37. The second-order valence-electron chi connectivity index (χ2n) is 5.05. The molecule has 0 fully saturated rings. The summed E-state index contributed by atoms with van der Waals surface area (Å²) in [6.07, 6.45) is 3.53. The highest BCUT2D eigenvalue weighted by Gasteiger charge is 2.18. The molecule has 0 saturated heterocycles. The molecule has 0 aliphatic rings. The molecule has 4 heteroatoms. The summed E-state index contributed by atoms with van der Waals surface area (Å²) < 4.78 is 0. The third-order valence-corrected chi connectivity index (χ3v) is 3.61. The molecule has 1 atom stereocenters. The van der Waals surface area contributed by atoms with Gasteiger partial charge in [0.25, 0.3) is 0 Å². The van der Waals surface area contributed by atoms with Gasteiger partial charge in [-0.1, -0.05) is 30.3 Å². The lowest BCUT2D eigenvalue weighted by Crippen LogP contribution is -2.27. The van der Waals surface area contributed by atoms with Crippen LogP contribution < -0.4 is 11.1 Å². The molecule has 3 aromatic rings. The Morgan fingerprint density at radius 3 is 2.77 bits per heavy atom. The van der Waals surface area contributed by atoms with Crippen molar-refractivity contribution in [2.45, 2.75) is 5.92 Å². The summed E-state index contributed by atoms with van der Waals surface area (Å²) in [7, 11) is 0. The van der Waals surface area contributed by atoms with E-state index in [4.69, 9.17) is 5.73 Å². The van der Waals surface area contributed by atoms with Gasteiger partial charge in [-0.2, -0.15) is 0 Å². The van der Waals surface area contributed by atoms with Crippen LogP contribution >= 0.6 is 0 Å². The largest absolute Gasteiger partial charge is 0.329 e. The molecule has 2 aromatic carbocycles. The number of nitrogens with two attached hydrogens (primary N) is 1. The number of rotatable bonds is 4. The van der Waals surface area contributed by atoms with E-state index in [1.165, 1.54) is 0 Å². The maximum atomic E-state index is 12.5. The number of hydrogen-bond donors (Lipinski definition) is 2. The van der Waals surface area contributed by atoms with Gasteiger partial charge in [-0.15, -0.1) is 0 Å². The van der Waals surface area contributed by atoms with Crippen molar-refractivity contribution in [2.24, 2.45) is 5.73 Å². The van der Waals surface area contributed by atoms with Gasteiger partial charge in [0.05, 0.1) is 5.92 Å². The fourth-order valence-electron chi connectivity index (χ4n) is 2.42. The Bertz CT molecular complexity index is 786. The van der Waals surface area contributed by atoms with Gasteiger partial charge >= 0.3 is 0 Å². The molecule has 1 heterocycles. The Balaban J connectivity index is 1.82. The normalized spacial score (nSPS) is 12.0. The van der Waals surface area contributed by atoms with Crippen molar-refractivity contribution in [1.82, 2.24) is 4.98 Å². The summed E-state index contributed by atoms with van der Waals surface area (Å²) >= 11 is 0. The van der Waals surface area contributed by atoms with E-state index in [-0.39, 0.29) is 18.4 Å². The van der Waals surface area contributed by atoms with Gasteiger partial charge < -0.3 is 11.1 Å². The summed E-state index contributed by atoms with van der Waals surface area (Å²) in [5.41, 5.74) is 7.42. The number of nitrogens with one attached hydrogen (secondary N) is 1. The van der Waals surface area contributed by atoms with Crippen LogP contribution in [0.2, 0.25) is 0 Å². The van der Waals surface area contributed by atoms with E-state index in [2.05, 4.69) is 16.4 Å². The molecule has 1 radical (unpaired) electrons. The average molecular weight is 290 g/mol. The molecule has 1 aromatic heterocycles. The molecule has 0 spiro atoms. The van der Waals surface area contributed by atoms with Crippen LogP contribution in [0.15, 0.2) is 60.9 Å². The van der Waals surface area contributed by atoms with Crippen LogP contribution in [0.4, 0.5) is 5.69 Å². The van der Waals surface area contributed by atoms with E-state index in [9.17, 15) is 4.79 Å². The molecular formula is C18H16N3O. The first kappa shape index (κ1) is 14.2. The minimum Gasteiger partial charge on any atom is -0.329 e. The molecule has 22 heavy (non-hydrogen) atoms. The Morgan fingerprint density at radius 2 is 2.00 bits per heavy atom. The van der Waals surface area contributed by atoms with Crippen LogP contribution in [0.3, 0.4) is 0 Å². The molecule has 1 amide bonds. The number of nitrogens with zero attached hydrogens (tertiary/aromatic N) is 1. The number of anilines is 1. The monoisotopic (exact) mass is 290 g/mol. The zero-order valence-electron chi connectivity index (χ0n) is 12.0. The van der Waals surface area contributed by atoms with E-state index in [1.807, 2.05) is 36.4 Å². The van der Waals surface area contributed by atoms with Gasteiger partial charge in [0.15, 0.2) is 0 Å². The fourth-order valence-corrected chi connectivity index (χ4v) is 2.42. The molecule has 0 saturated carbocycles. The lowest BCUT2D eigenvalue weighted by atomic mass is 9.98. The Labute approximate surface area is 129 Å². The average Bonchev–Trinajstić information content (AvgIpc) is 2.56. The highest BCUT2D eigenvalue weighted by Crippen LogP contribution is 2.21. The highest BCUT2D eigenvalue weighted by molar-refractivity contribution is 5.98. The van der Waals surface area contributed by atoms with Crippen molar-refractivity contribution >= 4 is 22.4 Å². The Kier molecular flexibility index (Phi) is 4.12. The molecule has 0 unspecified atom stereocenters.